The lowest BCUT2D eigenvalue weighted by molar-refractivity contribution is 0.391. The summed E-state index contributed by atoms with van der Waals surface area (Å²) in [5.41, 5.74) is 2.97. The summed E-state index contributed by atoms with van der Waals surface area (Å²) in [5, 5.41) is 15.7. The van der Waals surface area contributed by atoms with Gasteiger partial charge >= 0.3 is 0 Å². The average molecular weight is 281 g/mol. The van der Waals surface area contributed by atoms with Crippen LogP contribution in [0.25, 0.3) is 12.2 Å². The molecule has 3 aromatic rings. The molecule has 0 atom stereocenters. The van der Waals surface area contributed by atoms with E-state index in [9.17, 15) is 0 Å². The summed E-state index contributed by atoms with van der Waals surface area (Å²) in [6.45, 7) is 4.34. The second-order valence-corrected chi connectivity index (χ2v) is 4.74. The Bertz CT molecular complexity index is 738. The maximum atomic E-state index is 5.16. The molecule has 0 unspecified atom stereocenters. The van der Waals surface area contributed by atoms with E-state index in [1.54, 1.807) is 4.68 Å². The van der Waals surface area contributed by atoms with Gasteiger partial charge in [0.05, 0.1) is 12.2 Å². The number of hydrogen-bond donors (Lipinski definition) is 0. The van der Waals surface area contributed by atoms with Gasteiger partial charge in [-0.1, -0.05) is 41.6 Å². The molecule has 0 saturated carbocycles. The Morgan fingerprint density at radius 3 is 2.67 bits per heavy atom. The van der Waals surface area contributed by atoms with E-state index in [0.29, 0.717) is 12.4 Å². The largest absolute Gasteiger partial charge is 0.361 e. The van der Waals surface area contributed by atoms with Crippen LogP contribution in [0.5, 0.6) is 0 Å². The van der Waals surface area contributed by atoms with Gasteiger partial charge in [-0.3, -0.25) is 0 Å². The summed E-state index contributed by atoms with van der Waals surface area (Å²) >= 11 is 0. The smallest absolute Gasteiger partial charge is 0.175 e. The van der Waals surface area contributed by atoms with E-state index >= 15 is 0 Å². The normalized spacial score (nSPS) is 11.3. The maximum absolute atomic E-state index is 5.16. The third-order valence-corrected chi connectivity index (χ3v) is 3.27. The lowest BCUT2D eigenvalue weighted by Gasteiger charge is -2.01. The number of benzene rings is 1. The van der Waals surface area contributed by atoms with Crippen LogP contribution in [0, 0.1) is 13.8 Å². The molecule has 6 nitrogen and oxygen atoms in total. The molecule has 1 aromatic carbocycles. The van der Waals surface area contributed by atoms with Crippen molar-refractivity contribution in [3.05, 3.63) is 58.7 Å². The zero-order valence-electron chi connectivity index (χ0n) is 11.9. The third-order valence-electron chi connectivity index (χ3n) is 3.27. The molecule has 0 spiro atoms. The summed E-state index contributed by atoms with van der Waals surface area (Å²) in [4.78, 5) is 0. The number of tetrazole rings is 1. The first-order valence-electron chi connectivity index (χ1n) is 6.65. The van der Waals surface area contributed by atoms with E-state index in [-0.39, 0.29) is 0 Å². The van der Waals surface area contributed by atoms with Gasteiger partial charge in [0.25, 0.3) is 0 Å². The summed E-state index contributed by atoms with van der Waals surface area (Å²) in [5.74, 6) is 1.49. The van der Waals surface area contributed by atoms with Crippen LogP contribution in [0.15, 0.2) is 34.9 Å². The summed E-state index contributed by atoms with van der Waals surface area (Å²) in [6, 6.07) is 10.0. The van der Waals surface area contributed by atoms with E-state index in [1.807, 2.05) is 56.3 Å². The molecule has 0 bridgehead atoms. The first kappa shape index (κ1) is 13.2. The van der Waals surface area contributed by atoms with E-state index < -0.39 is 0 Å². The molecule has 0 fully saturated rings. The van der Waals surface area contributed by atoms with Crippen molar-refractivity contribution < 1.29 is 4.52 Å². The van der Waals surface area contributed by atoms with Gasteiger partial charge in [0.15, 0.2) is 5.82 Å². The fourth-order valence-electron chi connectivity index (χ4n) is 2.06. The van der Waals surface area contributed by atoms with Crippen LogP contribution in [-0.2, 0) is 6.54 Å². The molecule has 0 saturated heterocycles. The Balaban J connectivity index is 1.83. The van der Waals surface area contributed by atoms with Crippen LogP contribution in [0.1, 0.15) is 28.4 Å². The van der Waals surface area contributed by atoms with Crippen molar-refractivity contribution in [3.63, 3.8) is 0 Å². The van der Waals surface area contributed by atoms with Crippen LogP contribution in [0.4, 0.5) is 0 Å². The van der Waals surface area contributed by atoms with Gasteiger partial charge in [-0.25, -0.2) is 4.68 Å². The predicted octanol–water partition coefficient (Wildman–Crippen LogP) is 2.50. The fraction of sp³-hybridized carbons (Fsp3) is 0.200. The fourth-order valence-corrected chi connectivity index (χ4v) is 2.06. The maximum Gasteiger partial charge on any atom is 0.175 e. The van der Waals surface area contributed by atoms with E-state index in [2.05, 4.69) is 20.7 Å². The van der Waals surface area contributed by atoms with Gasteiger partial charge in [-0.15, -0.1) is 5.10 Å². The lowest BCUT2D eigenvalue weighted by atomic mass is 10.2. The summed E-state index contributed by atoms with van der Waals surface area (Å²) in [7, 11) is 0. The molecule has 106 valence electrons. The van der Waals surface area contributed by atoms with Crippen molar-refractivity contribution in [2.24, 2.45) is 0 Å². The van der Waals surface area contributed by atoms with Crippen LogP contribution in [0.3, 0.4) is 0 Å². The Morgan fingerprint density at radius 2 is 1.95 bits per heavy atom. The van der Waals surface area contributed by atoms with Gasteiger partial charge in [-0.2, -0.15) is 0 Å². The minimum Gasteiger partial charge on any atom is -0.361 e. The molecule has 3 rings (SSSR count). The van der Waals surface area contributed by atoms with E-state index in [0.717, 1.165) is 22.6 Å². The van der Waals surface area contributed by atoms with Gasteiger partial charge in [0, 0.05) is 5.56 Å². The SMILES string of the molecule is Cc1noc(C)c1Cn1nnnc1C=Cc1ccccc1. The third kappa shape index (κ3) is 2.89. The van der Waals surface area contributed by atoms with Crippen LogP contribution in [0.2, 0.25) is 0 Å². The molecule has 0 radical (unpaired) electrons. The van der Waals surface area contributed by atoms with Crippen molar-refractivity contribution in [2.75, 3.05) is 0 Å². The number of rotatable bonds is 4. The second kappa shape index (κ2) is 5.70. The van der Waals surface area contributed by atoms with E-state index in [4.69, 9.17) is 4.52 Å². The van der Waals surface area contributed by atoms with Crippen molar-refractivity contribution in [3.8, 4) is 0 Å². The molecule has 0 amide bonds. The number of nitrogens with zero attached hydrogens (tertiary/aromatic N) is 5. The van der Waals surface area contributed by atoms with Gasteiger partial charge < -0.3 is 4.52 Å². The van der Waals surface area contributed by atoms with Gasteiger partial charge in [0.2, 0.25) is 0 Å². The average Bonchev–Trinajstić information content (AvgIpc) is 3.08. The Kier molecular flexibility index (Phi) is 3.59. The molecule has 0 aliphatic heterocycles. The van der Waals surface area contributed by atoms with Crippen molar-refractivity contribution >= 4 is 12.2 Å². The highest BCUT2D eigenvalue weighted by Crippen LogP contribution is 2.14. The Labute approximate surface area is 122 Å². The lowest BCUT2D eigenvalue weighted by Crippen LogP contribution is -2.05. The minimum absolute atomic E-state index is 0.544. The van der Waals surface area contributed by atoms with Crippen molar-refractivity contribution in [2.45, 2.75) is 20.4 Å². The predicted molar refractivity (Wildman–Crippen MR) is 78.3 cm³/mol. The molecule has 0 aliphatic rings. The molecular weight excluding hydrogens is 266 g/mol. The highest BCUT2D eigenvalue weighted by molar-refractivity contribution is 5.66. The number of aryl methyl sites for hydroxylation is 2. The van der Waals surface area contributed by atoms with Crippen LogP contribution >= 0.6 is 0 Å². The van der Waals surface area contributed by atoms with Crippen LogP contribution in [-0.4, -0.2) is 25.4 Å². The van der Waals surface area contributed by atoms with Crippen molar-refractivity contribution in [1.82, 2.24) is 25.4 Å². The molecule has 0 aliphatic carbocycles. The summed E-state index contributed by atoms with van der Waals surface area (Å²) in [6.07, 6.45) is 3.88. The van der Waals surface area contributed by atoms with Crippen molar-refractivity contribution in [1.29, 1.82) is 0 Å². The molecule has 2 heterocycles. The summed E-state index contributed by atoms with van der Waals surface area (Å²) < 4.78 is 6.89. The quantitative estimate of drug-likeness (QED) is 0.735. The first-order valence-corrected chi connectivity index (χ1v) is 6.65. The zero-order chi connectivity index (χ0) is 14.7. The number of hydrogen-bond acceptors (Lipinski definition) is 5. The second-order valence-electron chi connectivity index (χ2n) is 4.74. The molecule has 0 N–H and O–H groups in total. The van der Waals surface area contributed by atoms with Crippen LogP contribution < -0.4 is 0 Å². The zero-order valence-corrected chi connectivity index (χ0v) is 11.9. The standard InChI is InChI=1S/C15H15N5O/c1-11-14(12(2)21-17-11)10-20-15(16-18-19-20)9-8-13-6-4-3-5-7-13/h3-9H,10H2,1-2H3. The molecule has 21 heavy (non-hydrogen) atoms. The minimum atomic E-state index is 0.544. The van der Waals surface area contributed by atoms with Gasteiger partial charge in [0.1, 0.15) is 5.76 Å². The van der Waals surface area contributed by atoms with E-state index in [1.165, 1.54) is 0 Å². The van der Waals surface area contributed by atoms with Gasteiger partial charge in [-0.05, 0) is 35.9 Å². The Hall–Kier alpha value is -2.76. The first-order chi connectivity index (χ1) is 10.2. The monoisotopic (exact) mass is 281 g/mol. The molecular formula is C15H15N5O. The topological polar surface area (TPSA) is 69.6 Å². The highest BCUT2D eigenvalue weighted by Gasteiger charge is 2.12. The Morgan fingerprint density at radius 1 is 1.14 bits per heavy atom. The molecule has 2 aromatic heterocycles. The number of aromatic nitrogens is 5. The molecule has 6 heteroatoms. The highest BCUT2D eigenvalue weighted by atomic mass is 16.5.